The Labute approximate surface area is 105 Å². The van der Waals surface area contributed by atoms with Crippen molar-refractivity contribution in [2.45, 2.75) is 32.4 Å². The maximum Gasteiger partial charge on any atom is 0.0208 e. The fraction of sp³-hybridized carbons (Fsp3) is 0.600. The molecule has 1 aliphatic heterocycles. The molecule has 2 rings (SSSR count). The number of hydrogen-bond donors (Lipinski definition) is 1. The average molecular weight is 232 g/mol. The fourth-order valence-electron chi connectivity index (χ4n) is 2.66. The van der Waals surface area contributed by atoms with E-state index in [0.29, 0.717) is 6.04 Å². The molecule has 1 aromatic rings. The molecule has 1 fully saturated rings. The van der Waals surface area contributed by atoms with E-state index in [4.69, 9.17) is 0 Å². The van der Waals surface area contributed by atoms with E-state index in [1.54, 1.807) is 0 Å². The highest BCUT2D eigenvalue weighted by atomic mass is 15.1. The Morgan fingerprint density at radius 2 is 2.12 bits per heavy atom. The van der Waals surface area contributed by atoms with Gasteiger partial charge in [0.05, 0.1) is 0 Å². The monoisotopic (exact) mass is 232 g/mol. The van der Waals surface area contributed by atoms with Crippen molar-refractivity contribution in [2.75, 3.05) is 20.1 Å². The highest BCUT2D eigenvalue weighted by Crippen LogP contribution is 2.18. The minimum absolute atomic E-state index is 0.609. The topological polar surface area (TPSA) is 15.3 Å². The molecule has 2 nitrogen and oxygen atoms in total. The van der Waals surface area contributed by atoms with Gasteiger partial charge in [0.15, 0.2) is 0 Å². The SMILES string of the molecule is CC(NCc1ccccc1)C1CCCN(C)C1. The molecule has 1 heterocycles. The molecule has 1 aliphatic rings. The maximum atomic E-state index is 3.66. The van der Waals surface area contributed by atoms with Gasteiger partial charge in [0.25, 0.3) is 0 Å². The summed E-state index contributed by atoms with van der Waals surface area (Å²) in [7, 11) is 2.23. The predicted octanol–water partition coefficient (Wildman–Crippen LogP) is 2.51. The first-order valence-corrected chi connectivity index (χ1v) is 6.71. The molecule has 1 N–H and O–H groups in total. The molecule has 0 bridgehead atoms. The van der Waals surface area contributed by atoms with Crippen LogP contribution in [0, 0.1) is 5.92 Å². The molecule has 2 atom stereocenters. The lowest BCUT2D eigenvalue weighted by atomic mass is 9.92. The molecule has 0 saturated carbocycles. The number of rotatable bonds is 4. The first-order valence-electron chi connectivity index (χ1n) is 6.71. The highest BCUT2D eigenvalue weighted by Gasteiger charge is 2.22. The van der Waals surface area contributed by atoms with Crippen LogP contribution in [0.5, 0.6) is 0 Å². The predicted molar refractivity (Wildman–Crippen MR) is 73.0 cm³/mol. The summed E-state index contributed by atoms with van der Waals surface area (Å²) in [6.07, 6.45) is 2.71. The third kappa shape index (κ3) is 3.83. The lowest BCUT2D eigenvalue weighted by Gasteiger charge is -2.34. The van der Waals surface area contributed by atoms with E-state index >= 15 is 0 Å². The molecule has 17 heavy (non-hydrogen) atoms. The van der Waals surface area contributed by atoms with Crippen molar-refractivity contribution in [1.29, 1.82) is 0 Å². The molecule has 1 saturated heterocycles. The van der Waals surface area contributed by atoms with Crippen molar-refractivity contribution in [2.24, 2.45) is 5.92 Å². The van der Waals surface area contributed by atoms with Crippen molar-refractivity contribution < 1.29 is 0 Å². The Balaban J connectivity index is 1.79. The van der Waals surface area contributed by atoms with E-state index in [1.165, 1.54) is 31.5 Å². The van der Waals surface area contributed by atoms with Crippen LogP contribution in [-0.4, -0.2) is 31.1 Å². The van der Waals surface area contributed by atoms with E-state index < -0.39 is 0 Å². The second-order valence-electron chi connectivity index (χ2n) is 5.32. The Hall–Kier alpha value is -0.860. The average Bonchev–Trinajstić information content (AvgIpc) is 2.37. The number of hydrogen-bond acceptors (Lipinski definition) is 2. The van der Waals surface area contributed by atoms with Crippen molar-refractivity contribution in [1.82, 2.24) is 10.2 Å². The molecule has 0 radical (unpaired) electrons. The zero-order valence-corrected chi connectivity index (χ0v) is 11.0. The molecular formula is C15H24N2. The fourth-order valence-corrected chi connectivity index (χ4v) is 2.66. The summed E-state index contributed by atoms with van der Waals surface area (Å²) in [5.41, 5.74) is 1.38. The van der Waals surface area contributed by atoms with Gasteiger partial charge in [0.2, 0.25) is 0 Å². The standard InChI is InChI=1S/C15H24N2/c1-13(15-9-6-10-17(2)12-15)16-11-14-7-4-3-5-8-14/h3-5,7-8,13,15-16H,6,9-12H2,1-2H3. The number of likely N-dealkylation sites (tertiary alicyclic amines) is 1. The highest BCUT2D eigenvalue weighted by molar-refractivity contribution is 5.14. The summed E-state index contributed by atoms with van der Waals surface area (Å²) in [5.74, 6) is 0.803. The van der Waals surface area contributed by atoms with Gasteiger partial charge in [-0.15, -0.1) is 0 Å². The van der Waals surface area contributed by atoms with E-state index in [1.807, 2.05) is 0 Å². The molecule has 2 heteroatoms. The van der Waals surface area contributed by atoms with Crippen molar-refractivity contribution in [3.05, 3.63) is 35.9 Å². The molecule has 0 spiro atoms. The van der Waals surface area contributed by atoms with Crippen LogP contribution in [-0.2, 0) is 6.54 Å². The smallest absolute Gasteiger partial charge is 0.0208 e. The summed E-state index contributed by atoms with van der Waals surface area (Å²) in [6, 6.07) is 11.3. The normalized spacial score (nSPS) is 23.5. The molecule has 2 unspecified atom stereocenters. The first-order chi connectivity index (χ1) is 8.25. The Bertz CT molecular complexity index is 323. The van der Waals surface area contributed by atoms with E-state index in [2.05, 4.69) is 54.5 Å². The second-order valence-corrected chi connectivity index (χ2v) is 5.32. The van der Waals surface area contributed by atoms with Crippen LogP contribution in [0.1, 0.15) is 25.3 Å². The van der Waals surface area contributed by atoms with Crippen molar-refractivity contribution in [3.63, 3.8) is 0 Å². The van der Waals surface area contributed by atoms with Gasteiger partial charge in [0, 0.05) is 19.1 Å². The minimum atomic E-state index is 0.609. The third-order valence-corrected chi connectivity index (χ3v) is 3.84. The van der Waals surface area contributed by atoms with Gasteiger partial charge in [-0.2, -0.15) is 0 Å². The maximum absolute atomic E-state index is 3.66. The van der Waals surface area contributed by atoms with E-state index in [9.17, 15) is 0 Å². The summed E-state index contributed by atoms with van der Waals surface area (Å²) in [4.78, 5) is 2.45. The van der Waals surface area contributed by atoms with Crippen LogP contribution < -0.4 is 5.32 Å². The Kier molecular flexibility index (Phi) is 4.57. The lowest BCUT2D eigenvalue weighted by molar-refractivity contribution is 0.178. The second kappa shape index (κ2) is 6.18. The van der Waals surface area contributed by atoms with Gasteiger partial charge in [-0.25, -0.2) is 0 Å². The van der Waals surface area contributed by atoms with Crippen LogP contribution in [0.25, 0.3) is 0 Å². The van der Waals surface area contributed by atoms with E-state index in [-0.39, 0.29) is 0 Å². The summed E-state index contributed by atoms with van der Waals surface area (Å²) >= 11 is 0. The largest absolute Gasteiger partial charge is 0.310 e. The summed E-state index contributed by atoms with van der Waals surface area (Å²) < 4.78 is 0. The van der Waals surface area contributed by atoms with Gasteiger partial charge in [-0.1, -0.05) is 30.3 Å². The van der Waals surface area contributed by atoms with Crippen molar-refractivity contribution in [3.8, 4) is 0 Å². The lowest BCUT2D eigenvalue weighted by Crippen LogP contribution is -2.42. The Morgan fingerprint density at radius 3 is 2.82 bits per heavy atom. The quantitative estimate of drug-likeness (QED) is 0.858. The van der Waals surface area contributed by atoms with Gasteiger partial charge in [0.1, 0.15) is 0 Å². The Morgan fingerprint density at radius 1 is 1.35 bits per heavy atom. The summed E-state index contributed by atoms with van der Waals surface area (Å²) in [5, 5.41) is 3.66. The first kappa shape index (κ1) is 12.6. The van der Waals surface area contributed by atoms with Gasteiger partial charge in [-0.05, 0) is 44.8 Å². The number of nitrogens with one attached hydrogen (secondary N) is 1. The van der Waals surface area contributed by atoms with Crippen LogP contribution in [0.15, 0.2) is 30.3 Å². The van der Waals surface area contributed by atoms with Crippen LogP contribution in [0.3, 0.4) is 0 Å². The van der Waals surface area contributed by atoms with Gasteiger partial charge < -0.3 is 10.2 Å². The molecule has 94 valence electrons. The van der Waals surface area contributed by atoms with E-state index in [0.717, 1.165) is 12.5 Å². The number of benzene rings is 1. The number of nitrogens with zero attached hydrogens (tertiary/aromatic N) is 1. The molecular weight excluding hydrogens is 208 g/mol. The molecule has 0 amide bonds. The molecule has 0 aromatic heterocycles. The number of piperidine rings is 1. The minimum Gasteiger partial charge on any atom is -0.310 e. The zero-order valence-electron chi connectivity index (χ0n) is 11.0. The van der Waals surface area contributed by atoms with Crippen molar-refractivity contribution >= 4 is 0 Å². The van der Waals surface area contributed by atoms with Gasteiger partial charge >= 0.3 is 0 Å². The van der Waals surface area contributed by atoms with Crippen LogP contribution in [0.2, 0.25) is 0 Å². The van der Waals surface area contributed by atoms with Crippen LogP contribution in [0.4, 0.5) is 0 Å². The van der Waals surface area contributed by atoms with Gasteiger partial charge in [-0.3, -0.25) is 0 Å². The molecule has 1 aromatic carbocycles. The molecule has 0 aliphatic carbocycles. The third-order valence-electron chi connectivity index (χ3n) is 3.84. The zero-order chi connectivity index (χ0) is 12.1. The summed E-state index contributed by atoms with van der Waals surface area (Å²) in [6.45, 7) is 5.82. The van der Waals surface area contributed by atoms with Crippen LogP contribution >= 0.6 is 0 Å².